The molecule has 0 aliphatic heterocycles. The molecule has 0 amide bonds. The molecule has 17 heavy (non-hydrogen) atoms. The fraction of sp³-hybridized carbons (Fsp3) is 0.571. The van der Waals surface area contributed by atoms with Gasteiger partial charge in [-0.25, -0.2) is 0 Å². The van der Waals surface area contributed by atoms with Crippen molar-refractivity contribution in [3.05, 3.63) is 29.8 Å². The molecular weight excluding hydrogens is 214 g/mol. The third-order valence-corrected chi connectivity index (χ3v) is 2.68. The van der Waals surface area contributed by atoms with Gasteiger partial charge in [0.15, 0.2) is 0 Å². The van der Waals surface area contributed by atoms with Gasteiger partial charge in [0.25, 0.3) is 0 Å². The van der Waals surface area contributed by atoms with Crippen LogP contribution in [0.5, 0.6) is 5.75 Å². The minimum absolute atomic E-state index is 0.564. The van der Waals surface area contributed by atoms with E-state index < -0.39 is 5.60 Å². The van der Waals surface area contributed by atoms with E-state index in [2.05, 4.69) is 12.2 Å². The van der Waals surface area contributed by atoms with Crippen LogP contribution in [0.25, 0.3) is 0 Å². The first-order valence-corrected chi connectivity index (χ1v) is 6.26. The maximum absolute atomic E-state index is 10.3. The molecule has 0 heterocycles. The van der Waals surface area contributed by atoms with Crippen molar-refractivity contribution in [3.63, 3.8) is 0 Å². The Balaban J connectivity index is 2.63. The molecule has 0 bridgehead atoms. The molecule has 0 saturated carbocycles. The Labute approximate surface area is 104 Å². The van der Waals surface area contributed by atoms with Crippen molar-refractivity contribution in [2.45, 2.75) is 32.8 Å². The molecule has 0 aliphatic carbocycles. The minimum Gasteiger partial charge on any atom is -0.494 e. The summed E-state index contributed by atoms with van der Waals surface area (Å²) in [5.74, 6) is 0.841. The monoisotopic (exact) mass is 237 g/mol. The maximum atomic E-state index is 10.3. The van der Waals surface area contributed by atoms with E-state index in [-0.39, 0.29) is 0 Å². The summed E-state index contributed by atoms with van der Waals surface area (Å²) in [4.78, 5) is 0. The molecular formula is C14H23NO2. The van der Waals surface area contributed by atoms with E-state index in [1.165, 1.54) is 0 Å². The molecule has 0 fully saturated rings. The van der Waals surface area contributed by atoms with Crippen LogP contribution in [0.1, 0.15) is 32.8 Å². The quantitative estimate of drug-likeness (QED) is 0.715. The summed E-state index contributed by atoms with van der Waals surface area (Å²) in [5.41, 5.74) is 0.0736. The van der Waals surface area contributed by atoms with Crippen molar-refractivity contribution in [2.75, 3.05) is 19.7 Å². The molecule has 0 spiro atoms. The lowest BCUT2D eigenvalue weighted by Gasteiger charge is -2.24. The Kier molecular flexibility index (Phi) is 5.45. The van der Waals surface area contributed by atoms with Crippen LogP contribution in [-0.2, 0) is 5.60 Å². The van der Waals surface area contributed by atoms with E-state index in [1.54, 1.807) is 0 Å². The number of hydrogen-bond acceptors (Lipinski definition) is 3. The molecule has 3 nitrogen and oxygen atoms in total. The van der Waals surface area contributed by atoms with Gasteiger partial charge in [-0.2, -0.15) is 0 Å². The third kappa shape index (κ3) is 4.36. The summed E-state index contributed by atoms with van der Waals surface area (Å²) in [6.07, 6.45) is 1.07. The van der Waals surface area contributed by atoms with Crippen molar-refractivity contribution in [2.24, 2.45) is 0 Å². The van der Waals surface area contributed by atoms with Gasteiger partial charge in [0.1, 0.15) is 5.75 Å². The highest BCUT2D eigenvalue weighted by molar-refractivity contribution is 5.30. The Morgan fingerprint density at radius 3 is 2.41 bits per heavy atom. The Hall–Kier alpha value is -1.06. The van der Waals surface area contributed by atoms with Gasteiger partial charge >= 0.3 is 0 Å². The molecule has 1 unspecified atom stereocenters. The molecule has 2 N–H and O–H groups in total. The van der Waals surface area contributed by atoms with Crippen molar-refractivity contribution in [1.29, 1.82) is 0 Å². The van der Waals surface area contributed by atoms with Gasteiger partial charge in [-0.15, -0.1) is 0 Å². The predicted octanol–water partition coefficient (Wildman–Crippen LogP) is 2.29. The summed E-state index contributed by atoms with van der Waals surface area (Å²) in [5, 5.41) is 13.6. The molecule has 1 aromatic rings. The molecule has 96 valence electrons. The third-order valence-electron chi connectivity index (χ3n) is 2.68. The first-order valence-electron chi connectivity index (χ1n) is 6.26. The number of nitrogens with one attached hydrogen (secondary N) is 1. The summed E-state index contributed by atoms with van der Waals surface area (Å²) in [6, 6.07) is 7.62. The molecule has 0 radical (unpaired) electrons. The second-order valence-corrected chi connectivity index (χ2v) is 4.41. The van der Waals surface area contributed by atoms with Crippen LogP contribution < -0.4 is 10.1 Å². The lowest BCUT2D eigenvalue weighted by atomic mass is 9.96. The van der Waals surface area contributed by atoms with Crippen LogP contribution in [0.2, 0.25) is 0 Å². The van der Waals surface area contributed by atoms with Gasteiger partial charge in [0, 0.05) is 6.54 Å². The minimum atomic E-state index is -0.833. The molecule has 1 rings (SSSR count). The largest absolute Gasteiger partial charge is 0.494 e. The van der Waals surface area contributed by atoms with Crippen LogP contribution in [0.3, 0.4) is 0 Å². The SMILES string of the molecule is CCCNCC(C)(O)c1ccc(OCC)cc1. The van der Waals surface area contributed by atoms with Crippen LogP contribution in [0.4, 0.5) is 0 Å². The lowest BCUT2D eigenvalue weighted by Crippen LogP contribution is -2.35. The van der Waals surface area contributed by atoms with Crippen LogP contribution in [0.15, 0.2) is 24.3 Å². The van der Waals surface area contributed by atoms with Crippen molar-refractivity contribution in [3.8, 4) is 5.75 Å². The summed E-state index contributed by atoms with van der Waals surface area (Å²) in [6.45, 7) is 8.04. The molecule has 1 aromatic carbocycles. The molecule has 1 atom stereocenters. The van der Waals surface area contributed by atoms with Gasteiger partial charge in [0.05, 0.1) is 12.2 Å². The normalized spacial score (nSPS) is 14.4. The fourth-order valence-electron chi connectivity index (χ4n) is 1.69. The van der Waals surface area contributed by atoms with Crippen molar-refractivity contribution < 1.29 is 9.84 Å². The first-order chi connectivity index (χ1) is 8.10. The van der Waals surface area contributed by atoms with E-state index in [9.17, 15) is 5.11 Å². The lowest BCUT2D eigenvalue weighted by molar-refractivity contribution is 0.0572. The highest BCUT2D eigenvalue weighted by Gasteiger charge is 2.22. The predicted molar refractivity (Wildman–Crippen MR) is 70.3 cm³/mol. The Morgan fingerprint density at radius 2 is 1.88 bits per heavy atom. The average molecular weight is 237 g/mol. The van der Waals surface area contributed by atoms with Crippen LogP contribution in [0, 0.1) is 0 Å². The second kappa shape index (κ2) is 6.62. The molecule has 3 heteroatoms. The fourth-order valence-corrected chi connectivity index (χ4v) is 1.69. The molecule has 0 aromatic heterocycles. The van der Waals surface area contributed by atoms with Crippen molar-refractivity contribution >= 4 is 0 Å². The van der Waals surface area contributed by atoms with E-state index in [0.29, 0.717) is 13.2 Å². The maximum Gasteiger partial charge on any atom is 0.119 e. The average Bonchev–Trinajstić information content (AvgIpc) is 2.30. The second-order valence-electron chi connectivity index (χ2n) is 4.41. The highest BCUT2D eigenvalue weighted by Crippen LogP contribution is 2.22. The van der Waals surface area contributed by atoms with Gasteiger partial charge in [0.2, 0.25) is 0 Å². The summed E-state index contributed by atoms with van der Waals surface area (Å²) < 4.78 is 5.37. The molecule has 0 saturated heterocycles. The van der Waals surface area contributed by atoms with Gasteiger partial charge < -0.3 is 15.2 Å². The molecule has 0 aliphatic rings. The number of ether oxygens (including phenoxy) is 1. The highest BCUT2D eigenvalue weighted by atomic mass is 16.5. The summed E-state index contributed by atoms with van der Waals surface area (Å²) >= 11 is 0. The zero-order valence-electron chi connectivity index (χ0n) is 11.0. The van der Waals surface area contributed by atoms with Gasteiger partial charge in [-0.3, -0.25) is 0 Å². The van der Waals surface area contributed by atoms with Gasteiger partial charge in [-0.05, 0) is 44.5 Å². The van der Waals surface area contributed by atoms with Gasteiger partial charge in [-0.1, -0.05) is 19.1 Å². The Bertz CT molecular complexity index is 319. The van der Waals surface area contributed by atoms with Crippen molar-refractivity contribution in [1.82, 2.24) is 5.32 Å². The van der Waals surface area contributed by atoms with Crippen LogP contribution in [-0.4, -0.2) is 24.8 Å². The van der Waals surface area contributed by atoms with E-state index >= 15 is 0 Å². The number of rotatable bonds is 7. The summed E-state index contributed by atoms with van der Waals surface area (Å²) in [7, 11) is 0. The standard InChI is InChI=1S/C14H23NO2/c1-4-10-15-11-14(3,16)12-6-8-13(9-7-12)17-5-2/h6-9,15-16H,4-5,10-11H2,1-3H3. The smallest absolute Gasteiger partial charge is 0.119 e. The number of hydrogen-bond donors (Lipinski definition) is 2. The zero-order valence-corrected chi connectivity index (χ0v) is 11.0. The first kappa shape index (κ1) is 14.0. The van der Waals surface area contributed by atoms with Crippen LogP contribution >= 0.6 is 0 Å². The Morgan fingerprint density at radius 1 is 1.24 bits per heavy atom. The number of aliphatic hydroxyl groups is 1. The van der Waals surface area contributed by atoms with E-state index in [4.69, 9.17) is 4.74 Å². The topological polar surface area (TPSA) is 41.5 Å². The van der Waals surface area contributed by atoms with E-state index in [0.717, 1.165) is 24.3 Å². The zero-order chi connectivity index (χ0) is 12.7. The van der Waals surface area contributed by atoms with E-state index in [1.807, 2.05) is 38.1 Å². The number of benzene rings is 1.